The molecular formula is C17H16BrN3O3. The predicted molar refractivity (Wildman–Crippen MR) is 92.8 cm³/mol. The molecule has 2 aromatic rings. The number of benzene rings is 1. The number of nitriles is 1. The van der Waals surface area contributed by atoms with Crippen molar-refractivity contribution in [2.24, 2.45) is 0 Å². The second-order valence-electron chi connectivity index (χ2n) is 6.29. The number of aliphatic hydroxyl groups excluding tert-OH is 1. The highest BCUT2D eigenvalue weighted by Gasteiger charge is 2.44. The molecule has 0 bridgehead atoms. The summed E-state index contributed by atoms with van der Waals surface area (Å²) in [6, 6.07) is 7.81. The van der Waals surface area contributed by atoms with E-state index in [2.05, 4.69) is 22.0 Å². The molecule has 0 amide bonds. The van der Waals surface area contributed by atoms with Crippen molar-refractivity contribution < 1.29 is 9.84 Å². The number of nitrogens with two attached hydrogens (primary N) is 1. The van der Waals surface area contributed by atoms with Crippen LogP contribution in [-0.4, -0.2) is 21.4 Å². The lowest BCUT2D eigenvalue weighted by atomic mass is 9.85. The maximum Gasteiger partial charge on any atom is 0.265 e. The smallest absolute Gasteiger partial charge is 0.265 e. The van der Waals surface area contributed by atoms with E-state index in [0.29, 0.717) is 27.0 Å². The normalized spacial score (nSPS) is 21.5. The van der Waals surface area contributed by atoms with Crippen LogP contribution < -0.4 is 16.0 Å². The van der Waals surface area contributed by atoms with Gasteiger partial charge in [-0.1, -0.05) is 0 Å². The number of nitrogens with zero attached hydrogens (tertiary/aromatic N) is 2. The number of rotatable bonds is 1. The molecule has 7 heteroatoms. The third-order valence-corrected chi connectivity index (χ3v) is 4.73. The third-order valence-electron chi connectivity index (χ3n) is 4.16. The van der Waals surface area contributed by atoms with Crippen LogP contribution in [0, 0.1) is 11.3 Å². The standard InChI is InChI=1S/C17H16BrN3O3/c1-17(2)15(22)14(21-8-10(20)6-12(18)16(21)23)11-5-9(7-19)3-4-13(11)24-17/h3-6,8,14-15,22H,20H2,1-2H3. The van der Waals surface area contributed by atoms with Gasteiger partial charge in [0.25, 0.3) is 5.56 Å². The Morgan fingerprint density at radius 1 is 1.42 bits per heavy atom. The van der Waals surface area contributed by atoms with Crippen molar-refractivity contribution >= 4 is 21.6 Å². The van der Waals surface area contributed by atoms with Crippen LogP contribution in [0.25, 0.3) is 0 Å². The molecular weight excluding hydrogens is 374 g/mol. The topological polar surface area (TPSA) is 101 Å². The number of hydrogen-bond acceptors (Lipinski definition) is 5. The van der Waals surface area contributed by atoms with E-state index < -0.39 is 17.7 Å². The Balaban J connectivity index is 2.31. The molecule has 3 rings (SSSR count). The summed E-state index contributed by atoms with van der Waals surface area (Å²) in [5, 5.41) is 20.0. The van der Waals surface area contributed by atoms with Gasteiger partial charge < -0.3 is 20.1 Å². The Hall–Kier alpha value is -2.30. The summed E-state index contributed by atoms with van der Waals surface area (Å²) in [7, 11) is 0. The Kier molecular flexibility index (Phi) is 3.90. The summed E-state index contributed by atoms with van der Waals surface area (Å²) in [6.07, 6.45) is 0.482. The summed E-state index contributed by atoms with van der Waals surface area (Å²) in [4.78, 5) is 12.6. The van der Waals surface area contributed by atoms with Gasteiger partial charge >= 0.3 is 0 Å². The van der Waals surface area contributed by atoms with Crippen LogP contribution in [0.3, 0.4) is 0 Å². The minimum atomic E-state index is -1.01. The number of pyridine rings is 1. The van der Waals surface area contributed by atoms with Gasteiger partial charge in [0.2, 0.25) is 0 Å². The number of aliphatic hydroxyl groups is 1. The van der Waals surface area contributed by atoms with Crippen molar-refractivity contribution in [2.45, 2.75) is 31.6 Å². The van der Waals surface area contributed by atoms with Crippen molar-refractivity contribution in [3.63, 3.8) is 0 Å². The molecule has 24 heavy (non-hydrogen) atoms. The van der Waals surface area contributed by atoms with Crippen molar-refractivity contribution in [1.29, 1.82) is 5.26 Å². The first-order chi connectivity index (χ1) is 11.2. The molecule has 6 nitrogen and oxygen atoms in total. The van der Waals surface area contributed by atoms with Crippen LogP contribution >= 0.6 is 15.9 Å². The summed E-state index contributed by atoms with van der Waals surface area (Å²) in [5.41, 5.74) is 6.01. The zero-order chi connectivity index (χ0) is 17.6. The lowest BCUT2D eigenvalue weighted by molar-refractivity contribution is -0.0642. The second kappa shape index (κ2) is 5.65. The third kappa shape index (κ3) is 2.58. The fourth-order valence-electron chi connectivity index (χ4n) is 2.93. The van der Waals surface area contributed by atoms with E-state index >= 15 is 0 Å². The molecule has 3 N–H and O–H groups in total. The summed E-state index contributed by atoms with van der Waals surface area (Å²) in [6.45, 7) is 3.50. The summed E-state index contributed by atoms with van der Waals surface area (Å²) >= 11 is 3.20. The van der Waals surface area contributed by atoms with Crippen LogP contribution in [0.5, 0.6) is 5.75 Å². The lowest BCUT2D eigenvalue weighted by Gasteiger charge is -2.42. The zero-order valence-electron chi connectivity index (χ0n) is 13.2. The molecule has 0 saturated heterocycles. The summed E-state index contributed by atoms with van der Waals surface area (Å²) < 4.78 is 7.55. The average Bonchev–Trinajstić information content (AvgIpc) is 2.52. The largest absolute Gasteiger partial charge is 0.485 e. The molecule has 2 atom stereocenters. The first-order valence-electron chi connectivity index (χ1n) is 7.33. The number of halogens is 1. The van der Waals surface area contributed by atoms with Crippen LogP contribution in [0.15, 0.2) is 39.7 Å². The van der Waals surface area contributed by atoms with Gasteiger partial charge in [0.05, 0.1) is 22.1 Å². The van der Waals surface area contributed by atoms with E-state index in [1.807, 2.05) is 0 Å². The van der Waals surface area contributed by atoms with E-state index in [4.69, 9.17) is 15.7 Å². The van der Waals surface area contributed by atoms with Gasteiger partial charge in [-0.3, -0.25) is 4.79 Å². The van der Waals surface area contributed by atoms with Crippen LogP contribution in [0.1, 0.15) is 31.0 Å². The number of ether oxygens (including phenoxy) is 1. The monoisotopic (exact) mass is 389 g/mol. The molecule has 1 aromatic carbocycles. The molecule has 2 heterocycles. The molecule has 0 spiro atoms. The van der Waals surface area contributed by atoms with Crippen molar-refractivity contribution in [3.8, 4) is 11.8 Å². The molecule has 1 aliphatic heterocycles. The van der Waals surface area contributed by atoms with E-state index in [9.17, 15) is 9.90 Å². The number of nitrogen functional groups attached to an aromatic ring is 1. The van der Waals surface area contributed by atoms with Gasteiger partial charge in [-0.05, 0) is 54.0 Å². The molecule has 0 fully saturated rings. The first kappa shape index (κ1) is 16.6. The van der Waals surface area contributed by atoms with Gasteiger partial charge in [-0.25, -0.2) is 0 Å². The second-order valence-corrected chi connectivity index (χ2v) is 7.15. The minimum Gasteiger partial charge on any atom is -0.485 e. The quantitative estimate of drug-likeness (QED) is 0.778. The Morgan fingerprint density at radius 2 is 2.12 bits per heavy atom. The Bertz CT molecular complexity index is 914. The molecule has 2 unspecified atom stereocenters. The van der Waals surface area contributed by atoms with E-state index in [1.54, 1.807) is 32.0 Å². The molecule has 0 aliphatic carbocycles. The molecule has 1 aliphatic rings. The maximum atomic E-state index is 12.6. The highest BCUT2D eigenvalue weighted by molar-refractivity contribution is 9.10. The van der Waals surface area contributed by atoms with Gasteiger partial charge in [-0.2, -0.15) is 5.26 Å². The van der Waals surface area contributed by atoms with Gasteiger partial charge in [0.15, 0.2) is 0 Å². The molecule has 124 valence electrons. The Morgan fingerprint density at radius 3 is 2.79 bits per heavy atom. The van der Waals surface area contributed by atoms with Gasteiger partial charge in [0, 0.05) is 17.4 Å². The highest BCUT2D eigenvalue weighted by atomic mass is 79.9. The van der Waals surface area contributed by atoms with Crippen molar-refractivity contribution in [2.75, 3.05) is 5.73 Å². The zero-order valence-corrected chi connectivity index (χ0v) is 14.7. The van der Waals surface area contributed by atoms with Crippen molar-refractivity contribution in [3.05, 3.63) is 56.4 Å². The lowest BCUT2D eigenvalue weighted by Crippen LogP contribution is -2.52. The SMILES string of the molecule is CC1(C)Oc2ccc(C#N)cc2C(n2cc(N)cc(Br)c2=O)C1O. The fourth-order valence-corrected chi connectivity index (χ4v) is 3.40. The maximum absolute atomic E-state index is 12.6. The highest BCUT2D eigenvalue weighted by Crippen LogP contribution is 2.42. The van der Waals surface area contributed by atoms with Gasteiger partial charge in [0.1, 0.15) is 17.5 Å². The molecule has 1 aromatic heterocycles. The number of hydrogen-bond donors (Lipinski definition) is 2. The minimum absolute atomic E-state index is 0.303. The summed E-state index contributed by atoms with van der Waals surface area (Å²) in [5.74, 6) is 0.528. The van der Waals surface area contributed by atoms with Crippen LogP contribution in [-0.2, 0) is 0 Å². The molecule has 0 radical (unpaired) electrons. The van der Waals surface area contributed by atoms with E-state index in [0.717, 1.165) is 0 Å². The first-order valence-corrected chi connectivity index (χ1v) is 8.12. The molecule has 0 saturated carbocycles. The fraction of sp³-hybridized carbons (Fsp3) is 0.294. The number of anilines is 1. The Labute approximate surface area is 147 Å². The number of aromatic nitrogens is 1. The van der Waals surface area contributed by atoms with Gasteiger partial charge in [-0.15, -0.1) is 0 Å². The van der Waals surface area contributed by atoms with Crippen molar-refractivity contribution in [1.82, 2.24) is 4.57 Å². The van der Waals surface area contributed by atoms with Crippen LogP contribution in [0.4, 0.5) is 5.69 Å². The predicted octanol–water partition coefficient (Wildman–Crippen LogP) is 2.19. The van der Waals surface area contributed by atoms with Crippen LogP contribution in [0.2, 0.25) is 0 Å². The number of fused-ring (bicyclic) bond motifs is 1. The van der Waals surface area contributed by atoms with E-state index in [1.165, 1.54) is 16.8 Å². The van der Waals surface area contributed by atoms with E-state index in [-0.39, 0.29) is 5.56 Å². The average molecular weight is 390 g/mol.